The van der Waals surface area contributed by atoms with Gasteiger partial charge in [-0.2, -0.15) is 0 Å². The largest absolute Gasteiger partial charge is 0.507 e. The van der Waals surface area contributed by atoms with Gasteiger partial charge in [0.25, 0.3) is 5.91 Å². The number of aliphatic hydroxyl groups excluding tert-OH is 1. The molecule has 0 aliphatic carbocycles. The zero-order valence-electron chi connectivity index (χ0n) is 9.27. The first kappa shape index (κ1) is 12.6. The molecule has 0 bridgehead atoms. The first-order valence-electron chi connectivity index (χ1n) is 5.54. The highest BCUT2D eigenvalue weighted by atomic mass is 127. The molecule has 5 heteroatoms. The lowest BCUT2D eigenvalue weighted by molar-refractivity contribution is 0.0677. The number of hydrogen-bond acceptors (Lipinski definition) is 3. The number of hydrogen-bond donors (Lipinski definition) is 2. The number of carbonyl (C=O) groups is 1. The van der Waals surface area contributed by atoms with Crippen molar-refractivity contribution in [3.05, 3.63) is 27.3 Å². The Hall–Kier alpha value is -0.820. The van der Waals surface area contributed by atoms with Crippen LogP contribution >= 0.6 is 22.6 Å². The first-order valence-corrected chi connectivity index (χ1v) is 6.61. The standard InChI is InChI=1S/C12H14INO3/c13-10-4-3-8(6-11(10)16)12(17)14-5-1-2-9(14)7-15/h3-4,6,9,15-16H,1-2,5,7H2/t9-/m0/s1. The Morgan fingerprint density at radius 1 is 1.53 bits per heavy atom. The normalized spacial score (nSPS) is 19.6. The molecule has 1 aromatic rings. The summed E-state index contributed by atoms with van der Waals surface area (Å²) < 4.78 is 0.722. The van der Waals surface area contributed by atoms with E-state index in [9.17, 15) is 15.0 Å². The molecule has 17 heavy (non-hydrogen) atoms. The van der Waals surface area contributed by atoms with E-state index < -0.39 is 0 Å². The van der Waals surface area contributed by atoms with Crippen molar-refractivity contribution in [3.8, 4) is 5.75 Å². The van der Waals surface area contributed by atoms with E-state index in [4.69, 9.17) is 0 Å². The van der Waals surface area contributed by atoms with Crippen LogP contribution in [0.2, 0.25) is 0 Å². The first-order chi connectivity index (χ1) is 8.13. The van der Waals surface area contributed by atoms with E-state index in [1.807, 2.05) is 22.6 Å². The van der Waals surface area contributed by atoms with Crippen molar-refractivity contribution in [1.29, 1.82) is 0 Å². The van der Waals surface area contributed by atoms with Crippen LogP contribution in [0.4, 0.5) is 0 Å². The van der Waals surface area contributed by atoms with Crippen molar-refractivity contribution >= 4 is 28.5 Å². The minimum absolute atomic E-state index is 0.00207. The van der Waals surface area contributed by atoms with Gasteiger partial charge in [0.2, 0.25) is 0 Å². The molecule has 2 rings (SSSR count). The van der Waals surface area contributed by atoms with Crippen LogP contribution in [-0.2, 0) is 0 Å². The fraction of sp³-hybridized carbons (Fsp3) is 0.417. The maximum absolute atomic E-state index is 12.2. The van der Waals surface area contributed by atoms with Crippen LogP contribution in [0.5, 0.6) is 5.75 Å². The molecule has 1 aliphatic rings. The molecule has 0 spiro atoms. The van der Waals surface area contributed by atoms with Crippen molar-refractivity contribution in [2.45, 2.75) is 18.9 Å². The number of benzene rings is 1. The molecule has 1 atom stereocenters. The van der Waals surface area contributed by atoms with Gasteiger partial charge in [-0.25, -0.2) is 0 Å². The molecule has 1 fully saturated rings. The fourth-order valence-corrected chi connectivity index (χ4v) is 2.44. The topological polar surface area (TPSA) is 60.8 Å². The lowest BCUT2D eigenvalue weighted by atomic mass is 10.1. The van der Waals surface area contributed by atoms with Crippen LogP contribution in [0.15, 0.2) is 18.2 Å². The van der Waals surface area contributed by atoms with Crippen molar-refractivity contribution < 1.29 is 15.0 Å². The summed E-state index contributed by atoms with van der Waals surface area (Å²) in [6, 6.07) is 4.82. The summed E-state index contributed by atoms with van der Waals surface area (Å²) in [4.78, 5) is 13.9. The number of aliphatic hydroxyl groups is 1. The number of rotatable bonds is 2. The van der Waals surface area contributed by atoms with E-state index >= 15 is 0 Å². The van der Waals surface area contributed by atoms with Crippen molar-refractivity contribution in [1.82, 2.24) is 4.90 Å². The Kier molecular flexibility index (Phi) is 3.88. The van der Waals surface area contributed by atoms with Gasteiger partial charge in [0.1, 0.15) is 5.75 Å². The van der Waals surface area contributed by atoms with E-state index in [-0.39, 0.29) is 24.3 Å². The maximum atomic E-state index is 12.2. The van der Waals surface area contributed by atoms with Gasteiger partial charge >= 0.3 is 0 Å². The minimum atomic E-state index is -0.117. The monoisotopic (exact) mass is 347 g/mol. The highest BCUT2D eigenvalue weighted by molar-refractivity contribution is 14.1. The molecule has 1 aliphatic heterocycles. The van der Waals surface area contributed by atoms with Crippen LogP contribution in [-0.4, -0.2) is 40.2 Å². The third kappa shape index (κ3) is 2.55. The predicted octanol–water partition coefficient (Wildman–Crippen LogP) is 1.59. The van der Waals surface area contributed by atoms with Gasteiger partial charge in [0.15, 0.2) is 0 Å². The Bertz CT molecular complexity index is 436. The molecule has 0 aromatic heterocycles. The Morgan fingerprint density at radius 2 is 2.29 bits per heavy atom. The molecule has 1 amide bonds. The summed E-state index contributed by atoms with van der Waals surface area (Å²) in [7, 11) is 0. The van der Waals surface area contributed by atoms with Crippen molar-refractivity contribution in [3.63, 3.8) is 0 Å². The summed E-state index contributed by atoms with van der Waals surface area (Å²) >= 11 is 2.01. The highest BCUT2D eigenvalue weighted by Crippen LogP contribution is 2.24. The second-order valence-corrected chi connectivity index (χ2v) is 5.31. The fourth-order valence-electron chi connectivity index (χ4n) is 2.10. The molecule has 1 saturated heterocycles. The van der Waals surface area contributed by atoms with Crippen LogP contribution in [0.25, 0.3) is 0 Å². The van der Waals surface area contributed by atoms with Gasteiger partial charge in [-0.05, 0) is 53.6 Å². The van der Waals surface area contributed by atoms with Gasteiger partial charge in [0.05, 0.1) is 16.2 Å². The number of amides is 1. The summed E-state index contributed by atoms with van der Waals surface area (Å²) in [6.07, 6.45) is 1.77. The molecule has 0 saturated carbocycles. The van der Waals surface area contributed by atoms with Gasteiger partial charge in [0, 0.05) is 12.1 Å². The van der Waals surface area contributed by atoms with Crippen LogP contribution in [0.3, 0.4) is 0 Å². The zero-order chi connectivity index (χ0) is 12.4. The van der Waals surface area contributed by atoms with E-state index in [1.54, 1.807) is 17.0 Å². The zero-order valence-corrected chi connectivity index (χ0v) is 11.4. The van der Waals surface area contributed by atoms with E-state index in [0.717, 1.165) is 16.4 Å². The molecule has 1 heterocycles. The second kappa shape index (κ2) is 5.22. The lowest BCUT2D eigenvalue weighted by Crippen LogP contribution is -2.37. The molecule has 0 radical (unpaired) electrons. The number of halogens is 1. The van der Waals surface area contributed by atoms with E-state index in [0.29, 0.717) is 12.1 Å². The van der Waals surface area contributed by atoms with E-state index in [2.05, 4.69) is 0 Å². The average Bonchev–Trinajstić information content (AvgIpc) is 2.80. The van der Waals surface area contributed by atoms with Crippen LogP contribution in [0, 0.1) is 3.57 Å². The third-order valence-corrected chi connectivity index (χ3v) is 3.95. The smallest absolute Gasteiger partial charge is 0.254 e. The number of phenols is 1. The Balaban J connectivity index is 2.21. The molecule has 4 nitrogen and oxygen atoms in total. The van der Waals surface area contributed by atoms with Gasteiger partial charge in [-0.15, -0.1) is 0 Å². The minimum Gasteiger partial charge on any atom is -0.507 e. The third-order valence-electron chi connectivity index (χ3n) is 3.04. The highest BCUT2D eigenvalue weighted by Gasteiger charge is 2.28. The SMILES string of the molecule is O=C(c1ccc(I)c(O)c1)N1CCC[C@H]1CO. The van der Waals surface area contributed by atoms with Gasteiger partial charge < -0.3 is 15.1 Å². The van der Waals surface area contributed by atoms with Crippen LogP contribution in [0.1, 0.15) is 23.2 Å². The maximum Gasteiger partial charge on any atom is 0.254 e. The number of carbonyl (C=O) groups excluding carboxylic acids is 1. The molecule has 1 aromatic carbocycles. The van der Waals surface area contributed by atoms with Gasteiger partial charge in [-0.1, -0.05) is 0 Å². The molecule has 2 N–H and O–H groups in total. The van der Waals surface area contributed by atoms with Crippen LogP contribution < -0.4 is 0 Å². The number of aromatic hydroxyl groups is 1. The lowest BCUT2D eigenvalue weighted by Gasteiger charge is -2.23. The number of phenolic OH excluding ortho intramolecular Hbond substituents is 1. The quantitative estimate of drug-likeness (QED) is 0.799. The predicted molar refractivity (Wildman–Crippen MR) is 72.0 cm³/mol. The molecular weight excluding hydrogens is 333 g/mol. The number of likely N-dealkylation sites (tertiary alicyclic amines) is 1. The van der Waals surface area contributed by atoms with Crippen molar-refractivity contribution in [2.75, 3.05) is 13.2 Å². The Morgan fingerprint density at radius 3 is 2.94 bits per heavy atom. The second-order valence-electron chi connectivity index (χ2n) is 4.14. The molecule has 92 valence electrons. The number of nitrogens with zero attached hydrogens (tertiary/aromatic N) is 1. The Labute approximate surface area is 113 Å². The van der Waals surface area contributed by atoms with Gasteiger partial charge in [-0.3, -0.25) is 4.79 Å². The molecule has 0 unspecified atom stereocenters. The molecular formula is C12H14INO3. The summed E-state index contributed by atoms with van der Waals surface area (Å²) in [5, 5.41) is 18.8. The van der Waals surface area contributed by atoms with E-state index in [1.165, 1.54) is 6.07 Å². The summed E-state index contributed by atoms with van der Waals surface area (Å²) in [6.45, 7) is 0.679. The average molecular weight is 347 g/mol. The summed E-state index contributed by atoms with van der Waals surface area (Å²) in [5.41, 5.74) is 0.475. The summed E-state index contributed by atoms with van der Waals surface area (Å²) in [5.74, 6) is 0.00412. The van der Waals surface area contributed by atoms with Crippen molar-refractivity contribution in [2.24, 2.45) is 0 Å².